The Hall–Kier alpha value is -2.02. The Morgan fingerprint density at radius 3 is 2.79 bits per heavy atom. The van der Waals surface area contributed by atoms with Crippen molar-refractivity contribution in [1.29, 1.82) is 0 Å². The van der Waals surface area contributed by atoms with Crippen molar-refractivity contribution in [2.75, 3.05) is 11.7 Å². The van der Waals surface area contributed by atoms with E-state index in [0.717, 1.165) is 5.56 Å². The number of fused-ring (bicyclic) bond motifs is 1. The topological polar surface area (TPSA) is 38.8 Å². The van der Waals surface area contributed by atoms with Crippen LogP contribution in [-0.2, 0) is 4.79 Å². The number of hydrogen-bond donors (Lipinski definition) is 0. The molecule has 2 aliphatic heterocycles. The van der Waals surface area contributed by atoms with Crippen molar-refractivity contribution in [2.45, 2.75) is 0 Å². The second kappa shape index (κ2) is 6.12. The van der Waals surface area contributed by atoms with Crippen LogP contribution in [0, 0.1) is 0 Å². The van der Waals surface area contributed by atoms with Crippen molar-refractivity contribution in [3.05, 3.63) is 58.0 Å². The van der Waals surface area contributed by atoms with E-state index in [0.29, 0.717) is 31.4 Å². The zero-order valence-electron chi connectivity index (χ0n) is 12.2. The molecule has 0 radical (unpaired) electrons. The average Bonchev–Trinajstić information content (AvgIpc) is 3.14. The highest BCUT2D eigenvalue weighted by atomic mass is 35.5. The summed E-state index contributed by atoms with van der Waals surface area (Å²) in [4.78, 5) is 14.8. The lowest BCUT2D eigenvalue weighted by Crippen LogP contribution is -2.27. The number of ether oxygens (including phenoxy) is 2. The standard InChI is InChI=1S/C17H10ClNO3S2/c18-12-4-2-1-3-10(12)7-15-16(20)19(17(23)24-15)11-5-6-13-14(8-11)22-9-21-13/h1-8H,9H2/b15-7-. The van der Waals surface area contributed by atoms with Gasteiger partial charge in [-0.15, -0.1) is 0 Å². The van der Waals surface area contributed by atoms with E-state index in [1.54, 1.807) is 30.3 Å². The quantitative estimate of drug-likeness (QED) is 0.571. The Kier molecular flexibility index (Phi) is 3.96. The van der Waals surface area contributed by atoms with Crippen LogP contribution in [0.15, 0.2) is 47.4 Å². The number of rotatable bonds is 2. The number of carbonyl (C=O) groups is 1. The zero-order chi connectivity index (χ0) is 16.7. The molecular formula is C17H10ClNO3S2. The average molecular weight is 376 g/mol. The third-order valence-electron chi connectivity index (χ3n) is 3.60. The van der Waals surface area contributed by atoms with Crippen LogP contribution in [0.3, 0.4) is 0 Å². The predicted octanol–water partition coefficient (Wildman–Crippen LogP) is 4.47. The van der Waals surface area contributed by atoms with Gasteiger partial charge >= 0.3 is 0 Å². The van der Waals surface area contributed by atoms with Gasteiger partial charge < -0.3 is 9.47 Å². The maximum absolute atomic E-state index is 12.8. The highest BCUT2D eigenvalue weighted by Gasteiger charge is 2.34. The van der Waals surface area contributed by atoms with E-state index < -0.39 is 0 Å². The molecule has 0 N–H and O–H groups in total. The lowest BCUT2D eigenvalue weighted by atomic mass is 10.2. The van der Waals surface area contributed by atoms with Crippen molar-refractivity contribution in [3.63, 3.8) is 0 Å². The lowest BCUT2D eigenvalue weighted by molar-refractivity contribution is -0.113. The van der Waals surface area contributed by atoms with Crippen LogP contribution in [0.25, 0.3) is 6.08 Å². The fourth-order valence-corrected chi connectivity index (χ4v) is 3.93. The largest absolute Gasteiger partial charge is 0.454 e. The van der Waals surface area contributed by atoms with E-state index in [9.17, 15) is 4.79 Å². The first kappa shape index (κ1) is 15.5. The monoisotopic (exact) mass is 375 g/mol. The van der Waals surface area contributed by atoms with E-state index in [2.05, 4.69) is 0 Å². The van der Waals surface area contributed by atoms with Gasteiger partial charge in [0.1, 0.15) is 0 Å². The molecule has 0 unspecified atom stereocenters. The number of thiocarbonyl (C=S) groups is 1. The van der Waals surface area contributed by atoms with Crippen LogP contribution in [0.1, 0.15) is 5.56 Å². The molecule has 0 spiro atoms. The molecule has 4 nitrogen and oxygen atoms in total. The molecule has 24 heavy (non-hydrogen) atoms. The first-order valence-electron chi connectivity index (χ1n) is 7.05. The number of hydrogen-bond acceptors (Lipinski definition) is 5. The third-order valence-corrected chi connectivity index (χ3v) is 5.25. The minimum Gasteiger partial charge on any atom is -0.454 e. The molecule has 1 amide bonds. The van der Waals surface area contributed by atoms with E-state index in [4.69, 9.17) is 33.3 Å². The van der Waals surface area contributed by atoms with Gasteiger partial charge in [0.2, 0.25) is 6.79 Å². The Morgan fingerprint density at radius 2 is 1.96 bits per heavy atom. The number of anilines is 1. The Labute approximate surface area is 153 Å². The summed E-state index contributed by atoms with van der Waals surface area (Å²) in [7, 11) is 0. The molecule has 0 saturated carbocycles. The molecule has 0 bridgehead atoms. The maximum Gasteiger partial charge on any atom is 0.270 e. The highest BCUT2D eigenvalue weighted by molar-refractivity contribution is 8.27. The van der Waals surface area contributed by atoms with Gasteiger partial charge in [-0.05, 0) is 29.8 Å². The van der Waals surface area contributed by atoms with Gasteiger partial charge in [0.05, 0.1) is 10.6 Å². The van der Waals surface area contributed by atoms with Crippen LogP contribution in [0.4, 0.5) is 5.69 Å². The molecule has 7 heteroatoms. The van der Waals surface area contributed by atoms with Crippen LogP contribution >= 0.6 is 35.6 Å². The van der Waals surface area contributed by atoms with Crippen LogP contribution in [-0.4, -0.2) is 17.0 Å². The molecule has 2 aliphatic rings. The third kappa shape index (κ3) is 2.66. The summed E-state index contributed by atoms with van der Waals surface area (Å²) in [6.45, 7) is 0.184. The van der Waals surface area contributed by atoms with E-state index in [-0.39, 0.29) is 12.7 Å². The lowest BCUT2D eigenvalue weighted by Gasteiger charge is -2.14. The summed E-state index contributed by atoms with van der Waals surface area (Å²) < 4.78 is 11.1. The van der Waals surface area contributed by atoms with E-state index >= 15 is 0 Å². The predicted molar refractivity (Wildman–Crippen MR) is 99.7 cm³/mol. The number of halogens is 1. The number of benzene rings is 2. The first-order valence-corrected chi connectivity index (χ1v) is 8.66. The van der Waals surface area contributed by atoms with Crippen molar-refractivity contribution >= 4 is 57.6 Å². The molecule has 0 aromatic heterocycles. The Bertz CT molecular complexity index is 897. The normalized spacial score (nSPS) is 17.9. The van der Waals surface area contributed by atoms with E-state index in [1.807, 2.05) is 18.2 Å². The zero-order valence-corrected chi connectivity index (χ0v) is 14.6. The fourth-order valence-electron chi connectivity index (χ4n) is 2.45. The molecule has 1 saturated heterocycles. The van der Waals surface area contributed by atoms with Gasteiger partial charge in [0.25, 0.3) is 5.91 Å². The summed E-state index contributed by atoms with van der Waals surface area (Å²) >= 11 is 12.8. The fraction of sp³-hybridized carbons (Fsp3) is 0.0588. The summed E-state index contributed by atoms with van der Waals surface area (Å²) in [5, 5.41) is 0.589. The summed E-state index contributed by atoms with van der Waals surface area (Å²) in [5.74, 6) is 1.09. The molecule has 0 aliphatic carbocycles. The van der Waals surface area contributed by atoms with Gasteiger partial charge in [-0.1, -0.05) is 53.8 Å². The van der Waals surface area contributed by atoms with Gasteiger partial charge in [0.15, 0.2) is 15.8 Å². The molecule has 120 valence electrons. The maximum atomic E-state index is 12.8. The molecule has 2 aromatic carbocycles. The molecular weight excluding hydrogens is 366 g/mol. The minimum atomic E-state index is -0.177. The SMILES string of the molecule is O=C1/C(=C/c2ccccc2Cl)SC(=S)N1c1ccc2c(c1)OCO2. The van der Waals surface area contributed by atoms with Crippen molar-refractivity contribution in [1.82, 2.24) is 0 Å². The first-order chi connectivity index (χ1) is 11.6. The highest BCUT2D eigenvalue weighted by Crippen LogP contribution is 2.41. The Balaban J connectivity index is 1.68. The second-order valence-electron chi connectivity index (χ2n) is 5.08. The molecule has 4 rings (SSSR count). The van der Waals surface area contributed by atoms with Crippen molar-refractivity contribution in [2.24, 2.45) is 0 Å². The van der Waals surface area contributed by atoms with Crippen LogP contribution in [0.2, 0.25) is 5.02 Å². The van der Waals surface area contributed by atoms with Crippen molar-refractivity contribution < 1.29 is 14.3 Å². The molecule has 2 heterocycles. The van der Waals surface area contributed by atoms with Crippen molar-refractivity contribution in [3.8, 4) is 11.5 Å². The van der Waals surface area contributed by atoms with Crippen LogP contribution < -0.4 is 14.4 Å². The van der Waals surface area contributed by atoms with Gasteiger partial charge in [-0.3, -0.25) is 9.69 Å². The molecule has 2 aromatic rings. The van der Waals surface area contributed by atoms with Gasteiger partial charge in [-0.2, -0.15) is 0 Å². The summed E-state index contributed by atoms with van der Waals surface area (Å²) in [5.41, 5.74) is 1.44. The van der Waals surface area contributed by atoms with E-state index in [1.165, 1.54) is 16.7 Å². The summed E-state index contributed by atoms with van der Waals surface area (Å²) in [6, 6.07) is 12.7. The number of amides is 1. The second-order valence-corrected chi connectivity index (χ2v) is 7.16. The number of nitrogens with zero attached hydrogens (tertiary/aromatic N) is 1. The number of carbonyl (C=O) groups excluding carboxylic acids is 1. The smallest absolute Gasteiger partial charge is 0.270 e. The Morgan fingerprint density at radius 1 is 1.17 bits per heavy atom. The number of thioether (sulfide) groups is 1. The van der Waals surface area contributed by atoms with Crippen LogP contribution in [0.5, 0.6) is 11.5 Å². The van der Waals surface area contributed by atoms with Gasteiger partial charge in [-0.25, -0.2) is 0 Å². The summed E-state index contributed by atoms with van der Waals surface area (Å²) in [6.07, 6.45) is 1.76. The minimum absolute atomic E-state index is 0.177. The van der Waals surface area contributed by atoms with Gasteiger partial charge in [0, 0.05) is 11.1 Å². The molecule has 0 atom stereocenters. The molecule has 1 fully saturated rings.